The molecule has 0 amide bonds. The van der Waals surface area contributed by atoms with E-state index in [2.05, 4.69) is 44.5 Å². The highest BCUT2D eigenvalue weighted by Crippen LogP contribution is 2.28. The van der Waals surface area contributed by atoms with E-state index >= 15 is 0 Å². The third-order valence-corrected chi connectivity index (χ3v) is 4.49. The standard InChI is InChI=1S/C15H27NS/c1-5-10-16-11-9-15(3,4)8-6-14-13(2)7-12-17-14/h7,12,16H,5-6,8-11H2,1-4H3. The molecule has 0 atom stereocenters. The number of thiophene rings is 1. The van der Waals surface area contributed by atoms with Gasteiger partial charge in [0.25, 0.3) is 0 Å². The van der Waals surface area contributed by atoms with Crippen molar-refractivity contribution in [2.45, 2.75) is 53.4 Å². The third kappa shape index (κ3) is 5.69. The molecule has 1 heterocycles. The van der Waals surface area contributed by atoms with Crippen LogP contribution in [-0.2, 0) is 6.42 Å². The topological polar surface area (TPSA) is 12.0 Å². The quantitative estimate of drug-likeness (QED) is 0.677. The lowest BCUT2D eigenvalue weighted by Gasteiger charge is -2.24. The van der Waals surface area contributed by atoms with Gasteiger partial charge in [-0.15, -0.1) is 11.3 Å². The SMILES string of the molecule is CCCNCCC(C)(C)CCc1sccc1C. The molecule has 1 rings (SSSR count). The Labute approximate surface area is 111 Å². The average molecular weight is 253 g/mol. The van der Waals surface area contributed by atoms with Crippen LogP contribution in [0.1, 0.15) is 50.5 Å². The number of hydrogen-bond donors (Lipinski definition) is 1. The highest BCUT2D eigenvalue weighted by Gasteiger charge is 2.17. The van der Waals surface area contributed by atoms with Gasteiger partial charge in [0.1, 0.15) is 0 Å². The highest BCUT2D eigenvalue weighted by molar-refractivity contribution is 7.10. The fraction of sp³-hybridized carbons (Fsp3) is 0.733. The van der Waals surface area contributed by atoms with E-state index in [4.69, 9.17) is 0 Å². The summed E-state index contributed by atoms with van der Waals surface area (Å²) < 4.78 is 0. The monoisotopic (exact) mass is 253 g/mol. The fourth-order valence-corrected chi connectivity index (χ4v) is 2.88. The summed E-state index contributed by atoms with van der Waals surface area (Å²) in [7, 11) is 0. The molecule has 0 aromatic carbocycles. The predicted octanol–water partition coefficient (Wildman–Crippen LogP) is 4.41. The summed E-state index contributed by atoms with van der Waals surface area (Å²) in [6, 6.07) is 2.23. The molecule has 98 valence electrons. The molecule has 0 fully saturated rings. The summed E-state index contributed by atoms with van der Waals surface area (Å²) >= 11 is 1.91. The van der Waals surface area contributed by atoms with Gasteiger partial charge in [0.05, 0.1) is 0 Å². The van der Waals surface area contributed by atoms with Gasteiger partial charge in [0.15, 0.2) is 0 Å². The van der Waals surface area contributed by atoms with Crippen molar-refractivity contribution < 1.29 is 0 Å². The van der Waals surface area contributed by atoms with Crippen molar-refractivity contribution in [3.05, 3.63) is 21.9 Å². The van der Waals surface area contributed by atoms with Crippen molar-refractivity contribution in [3.63, 3.8) is 0 Å². The smallest absolute Gasteiger partial charge is 0.00746 e. The van der Waals surface area contributed by atoms with E-state index in [9.17, 15) is 0 Å². The van der Waals surface area contributed by atoms with Gasteiger partial charge in [-0.25, -0.2) is 0 Å². The molecule has 1 aromatic heterocycles. The molecule has 0 spiro atoms. The predicted molar refractivity (Wildman–Crippen MR) is 78.9 cm³/mol. The van der Waals surface area contributed by atoms with Crippen LogP contribution in [0.25, 0.3) is 0 Å². The van der Waals surface area contributed by atoms with Gasteiger partial charge >= 0.3 is 0 Å². The Balaban J connectivity index is 2.26. The van der Waals surface area contributed by atoms with E-state index in [1.54, 1.807) is 4.88 Å². The highest BCUT2D eigenvalue weighted by atomic mass is 32.1. The maximum Gasteiger partial charge on any atom is 0.00746 e. The van der Waals surface area contributed by atoms with E-state index < -0.39 is 0 Å². The zero-order valence-electron chi connectivity index (χ0n) is 11.8. The van der Waals surface area contributed by atoms with Crippen molar-refractivity contribution in [2.24, 2.45) is 5.41 Å². The van der Waals surface area contributed by atoms with Crippen molar-refractivity contribution in [1.82, 2.24) is 5.32 Å². The van der Waals surface area contributed by atoms with Crippen molar-refractivity contribution in [1.29, 1.82) is 0 Å². The van der Waals surface area contributed by atoms with Crippen LogP contribution in [0.4, 0.5) is 0 Å². The van der Waals surface area contributed by atoms with E-state index in [0.29, 0.717) is 5.41 Å². The summed E-state index contributed by atoms with van der Waals surface area (Å²) in [5, 5.41) is 5.71. The first kappa shape index (κ1) is 14.7. The van der Waals surface area contributed by atoms with Crippen molar-refractivity contribution in [2.75, 3.05) is 13.1 Å². The van der Waals surface area contributed by atoms with Crippen molar-refractivity contribution >= 4 is 11.3 Å². The maximum atomic E-state index is 3.50. The van der Waals surface area contributed by atoms with Gasteiger partial charge in [0.2, 0.25) is 0 Å². The molecule has 0 radical (unpaired) electrons. The Bertz CT molecular complexity index is 314. The lowest BCUT2D eigenvalue weighted by molar-refractivity contribution is 0.303. The zero-order valence-corrected chi connectivity index (χ0v) is 12.6. The van der Waals surface area contributed by atoms with Crippen LogP contribution < -0.4 is 5.32 Å². The number of aryl methyl sites for hydroxylation is 2. The Morgan fingerprint density at radius 1 is 1.24 bits per heavy atom. The molecule has 0 bridgehead atoms. The summed E-state index contributed by atoms with van der Waals surface area (Å²) in [5.41, 5.74) is 1.92. The number of rotatable bonds is 8. The summed E-state index contributed by atoms with van der Waals surface area (Å²) in [6.07, 6.45) is 5.04. The molecule has 17 heavy (non-hydrogen) atoms. The van der Waals surface area contributed by atoms with Crippen LogP contribution in [0.2, 0.25) is 0 Å². The van der Waals surface area contributed by atoms with Gasteiger partial charge in [-0.1, -0.05) is 20.8 Å². The average Bonchev–Trinajstić information content (AvgIpc) is 2.68. The van der Waals surface area contributed by atoms with Crippen LogP contribution in [0.15, 0.2) is 11.4 Å². The Morgan fingerprint density at radius 3 is 2.59 bits per heavy atom. The largest absolute Gasteiger partial charge is 0.317 e. The van der Waals surface area contributed by atoms with Gasteiger partial charge in [-0.05, 0) is 68.1 Å². The van der Waals surface area contributed by atoms with Gasteiger partial charge < -0.3 is 5.32 Å². The normalized spacial score (nSPS) is 12.0. The Kier molecular flexibility index (Phi) is 6.21. The lowest BCUT2D eigenvalue weighted by Crippen LogP contribution is -2.23. The van der Waals surface area contributed by atoms with Crippen LogP contribution in [0, 0.1) is 12.3 Å². The zero-order chi connectivity index (χ0) is 12.7. The minimum absolute atomic E-state index is 0.456. The molecular formula is C15H27NS. The number of nitrogens with one attached hydrogen (secondary N) is 1. The number of hydrogen-bond acceptors (Lipinski definition) is 2. The molecule has 0 aliphatic heterocycles. The van der Waals surface area contributed by atoms with E-state index in [0.717, 1.165) is 13.1 Å². The molecule has 0 saturated heterocycles. The molecule has 1 N–H and O–H groups in total. The van der Waals surface area contributed by atoms with Crippen LogP contribution in [0.3, 0.4) is 0 Å². The second kappa shape index (κ2) is 7.17. The first-order chi connectivity index (χ1) is 8.05. The molecule has 0 aliphatic carbocycles. The van der Waals surface area contributed by atoms with Crippen LogP contribution >= 0.6 is 11.3 Å². The molecular weight excluding hydrogens is 226 g/mol. The first-order valence-corrected chi connectivity index (χ1v) is 7.67. The van der Waals surface area contributed by atoms with E-state index in [1.165, 1.54) is 31.2 Å². The van der Waals surface area contributed by atoms with Crippen LogP contribution in [0.5, 0.6) is 0 Å². The second-order valence-corrected chi connectivity index (χ2v) is 6.69. The molecule has 1 nitrogen and oxygen atoms in total. The molecule has 0 aliphatic rings. The van der Waals surface area contributed by atoms with Gasteiger partial charge in [0, 0.05) is 4.88 Å². The Morgan fingerprint density at radius 2 is 2.00 bits per heavy atom. The minimum Gasteiger partial charge on any atom is -0.317 e. The molecule has 2 heteroatoms. The van der Waals surface area contributed by atoms with Crippen LogP contribution in [-0.4, -0.2) is 13.1 Å². The van der Waals surface area contributed by atoms with E-state index in [-0.39, 0.29) is 0 Å². The third-order valence-electron chi connectivity index (χ3n) is 3.40. The maximum absolute atomic E-state index is 3.50. The first-order valence-electron chi connectivity index (χ1n) is 6.79. The lowest BCUT2D eigenvalue weighted by atomic mass is 9.84. The summed E-state index contributed by atoms with van der Waals surface area (Å²) in [4.78, 5) is 1.57. The molecule has 1 aromatic rings. The molecule has 0 unspecified atom stereocenters. The second-order valence-electron chi connectivity index (χ2n) is 5.69. The molecule has 0 saturated carbocycles. The summed E-state index contributed by atoms with van der Waals surface area (Å²) in [5.74, 6) is 0. The summed E-state index contributed by atoms with van der Waals surface area (Å²) in [6.45, 7) is 11.5. The van der Waals surface area contributed by atoms with Gasteiger partial charge in [-0.2, -0.15) is 0 Å². The fourth-order valence-electron chi connectivity index (χ4n) is 1.97. The Hall–Kier alpha value is -0.340. The van der Waals surface area contributed by atoms with Crippen molar-refractivity contribution in [3.8, 4) is 0 Å². The minimum atomic E-state index is 0.456. The van der Waals surface area contributed by atoms with E-state index in [1.807, 2.05) is 11.3 Å². The van der Waals surface area contributed by atoms with Gasteiger partial charge in [-0.3, -0.25) is 0 Å².